The number of nitrogens with zero attached hydrogens (tertiary/aromatic N) is 1. The van der Waals surface area contributed by atoms with E-state index in [4.69, 9.17) is 4.74 Å². The van der Waals surface area contributed by atoms with Crippen LogP contribution in [0.1, 0.15) is 30.9 Å². The Kier molecular flexibility index (Phi) is 3.40. The highest BCUT2D eigenvalue weighted by Crippen LogP contribution is 2.43. The van der Waals surface area contributed by atoms with Gasteiger partial charge in [-0.3, -0.25) is 0 Å². The summed E-state index contributed by atoms with van der Waals surface area (Å²) in [4.78, 5) is 25.7. The summed E-state index contributed by atoms with van der Waals surface area (Å²) in [6.45, 7) is 4.05. The molecule has 0 saturated heterocycles. The second-order valence-electron chi connectivity index (χ2n) is 5.35. The molecule has 4 nitrogen and oxygen atoms in total. The molecule has 0 radical (unpaired) electrons. The van der Waals surface area contributed by atoms with E-state index < -0.39 is 5.97 Å². The highest BCUT2D eigenvalue weighted by molar-refractivity contribution is 6.16. The number of hydrogen-bond acceptors (Lipinski definition) is 4. The third kappa shape index (κ3) is 2.28. The summed E-state index contributed by atoms with van der Waals surface area (Å²) in [5.41, 5.74) is 3.46. The van der Waals surface area contributed by atoms with Crippen LogP contribution < -0.4 is 4.90 Å². The van der Waals surface area contributed by atoms with E-state index in [0.29, 0.717) is 17.2 Å². The Morgan fingerprint density at radius 3 is 2.81 bits per heavy atom. The molecule has 0 spiro atoms. The molecule has 0 aromatic heterocycles. The lowest BCUT2D eigenvalue weighted by Crippen LogP contribution is -2.27. The number of anilines is 1. The Morgan fingerprint density at radius 1 is 1.43 bits per heavy atom. The maximum absolute atomic E-state index is 12.1. The second-order valence-corrected chi connectivity index (χ2v) is 5.35. The van der Waals surface area contributed by atoms with Gasteiger partial charge in [0.15, 0.2) is 0 Å². The molecule has 4 heteroatoms. The first-order valence-corrected chi connectivity index (χ1v) is 7.20. The normalized spacial score (nSPS) is 17.0. The number of carbonyl (C=O) groups excluding carboxylic acids is 2. The zero-order valence-electron chi connectivity index (χ0n) is 12.2. The molecule has 3 rings (SSSR count). The smallest absolute Gasteiger partial charge is 0.341 e. The van der Waals surface area contributed by atoms with Crippen molar-refractivity contribution in [3.63, 3.8) is 0 Å². The van der Waals surface area contributed by atoms with E-state index in [2.05, 4.69) is 4.90 Å². The minimum Gasteiger partial charge on any atom is -0.462 e. The van der Waals surface area contributed by atoms with Crippen LogP contribution in [-0.4, -0.2) is 24.6 Å². The first-order valence-electron chi connectivity index (χ1n) is 7.20. The van der Waals surface area contributed by atoms with Gasteiger partial charge in [0.05, 0.1) is 23.4 Å². The molecule has 0 N–H and O–H groups in total. The van der Waals surface area contributed by atoms with Crippen LogP contribution >= 0.6 is 0 Å². The van der Waals surface area contributed by atoms with Gasteiger partial charge in [-0.1, -0.05) is 18.2 Å². The number of esters is 1. The van der Waals surface area contributed by atoms with Crippen molar-refractivity contribution in [3.8, 4) is 0 Å². The number of carbonyl (C=O) groups is 1. The van der Waals surface area contributed by atoms with Crippen molar-refractivity contribution < 1.29 is 14.3 Å². The topological polar surface area (TPSA) is 46.6 Å². The lowest BCUT2D eigenvalue weighted by molar-refractivity contribution is -0.138. The van der Waals surface area contributed by atoms with E-state index in [9.17, 15) is 9.59 Å². The van der Waals surface area contributed by atoms with Gasteiger partial charge in [-0.2, -0.15) is 0 Å². The molecule has 0 amide bonds. The fraction of sp³-hybridized carbons (Fsp3) is 0.353. The van der Waals surface area contributed by atoms with Gasteiger partial charge in [0.25, 0.3) is 0 Å². The molecule has 21 heavy (non-hydrogen) atoms. The molecule has 108 valence electrons. The van der Waals surface area contributed by atoms with Crippen LogP contribution in [0, 0.1) is 6.92 Å². The van der Waals surface area contributed by atoms with Crippen molar-refractivity contribution in [1.82, 2.24) is 0 Å². The number of para-hydroxylation sites is 1. The van der Waals surface area contributed by atoms with Gasteiger partial charge in [-0.25, -0.2) is 9.59 Å². The molecular formula is C17H17NO3. The lowest BCUT2D eigenvalue weighted by atomic mass is 9.92. The van der Waals surface area contributed by atoms with Crippen LogP contribution in [0.25, 0.3) is 5.57 Å². The lowest BCUT2D eigenvalue weighted by Gasteiger charge is -2.30. The average molecular weight is 283 g/mol. The quantitative estimate of drug-likeness (QED) is 0.632. The fourth-order valence-corrected chi connectivity index (χ4v) is 2.73. The first kappa shape index (κ1) is 13.7. The van der Waals surface area contributed by atoms with Crippen LogP contribution in [0.5, 0.6) is 0 Å². The van der Waals surface area contributed by atoms with Gasteiger partial charge in [-0.15, -0.1) is 0 Å². The summed E-state index contributed by atoms with van der Waals surface area (Å²) < 4.78 is 5.07. The predicted molar refractivity (Wildman–Crippen MR) is 80.5 cm³/mol. The van der Waals surface area contributed by atoms with Crippen molar-refractivity contribution >= 4 is 23.2 Å². The van der Waals surface area contributed by atoms with Crippen molar-refractivity contribution in [2.24, 2.45) is 0 Å². The molecule has 1 aromatic rings. The molecule has 1 heterocycles. The molecule has 1 fully saturated rings. The van der Waals surface area contributed by atoms with Gasteiger partial charge in [0.2, 0.25) is 0 Å². The molecule has 1 aromatic carbocycles. The standard InChI is InChI=1S/C17H17NO3/c1-3-21-17(20)14-9-18(12-7-8-12)16-11(2)5-4-6-13(16)15(14)10-19/h4-6,9,12H,3,7-8H2,1-2H3. The maximum Gasteiger partial charge on any atom is 0.341 e. The summed E-state index contributed by atoms with van der Waals surface area (Å²) in [5.74, 6) is 1.46. The Balaban J connectivity index is 2.16. The number of benzene rings is 1. The molecule has 1 aliphatic heterocycles. The van der Waals surface area contributed by atoms with Crippen LogP contribution in [0.4, 0.5) is 5.69 Å². The van der Waals surface area contributed by atoms with Gasteiger partial charge in [0.1, 0.15) is 5.94 Å². The number of aryl methyl sites for hydroxylation is 1. The molecule has 1 aliphatic carbocycles. The van der Waals surface area contributed by atoms with Crippen LogP contribution in [0.15, 0.2) is 30.0 Å². The van der Waals surface area contributed by atoms with Gasteiger partial charge in [0, 0.05) is 17.8 Å². The Labute approximate surface area is 123 Å². The van der Waals surface area contributed by atoms with Gasteiger partial charge >= 0.3 is 5.97 Å². The molecular weight excluding hydrogens is 266 g/mol. The van der Waals surface area contributed by atoms with Crippen molar-refractivity contribution in [3.05, 3.63) is 41.1 Å². The molecule has 1 saturated carbocycles. The van der Waals surface area contributed by atoms with Gasteiger partial charge < -0.3 is 9.64 Å². The van der Waals surface area contributed by atoms with E-state index >= 15 is 0 Å². The zero-order valence-corrected chi connectivity index (χ0v) is 12.2. The Morgan fingerprint density at radius 2 is 2.19 bits per heavy atom. The SMILES string of the molecule is CCOC(=O)C1=CN(C2CC2)c2c(C)cccc2C1=C=O. The monoisotopic (exact) mass is 283 g/mol. The molecule has 0 atom stereocenters. The second kappa shape index (κ2) is 5.23. The zero-order chi connectivity index (χ0) is 15.0. The van der Waals surface area contributed by atoms with Crippen molar-refractivity contribution in [2.75, 3.05) is 11.5 Å². The third-order valence-corrected chi connectivity index (χ3v) is 3.84. The number of fused-ring (bicyclic) bond motifs is 1. The highest BCUT2D eigenvalue weighted by atomic mass is 16.5. The van der Waals surface area contributed by atoms with E-state index in [1.54, 1.807) is 13.1 Å². The summed E-state index contributed by atoms with van der Waals surface area (Å²) in [6, 6.07) is 6.18. The molecule has 0 unspecified atom stereocenters. The largest absolute Gasteiger partial charge is 0.462 e. The minimum absolute atomic E-state index is 0.284. The third-order valence-electron chi connectivity index (χ3n) is 3.84. The summed E-state index contributed by atoms with van der Waals surface area (Å²) >= 11 is 0. The van der Waals surface area contributed by atoms with Crippen molar-refractivity contribution in [1.29, 1.82) is 0 Å². The van der Waals surface area contributed by atoms with Crippen LogP contribution in [0.3, 0.4) is 0 Å². The molecule has 2 aliphatic rings. The van der Waals surface area contributed by atoms with E-state index in [-0.39, 0.29) is 6.61 Å². The summed E-state index contributed by atoms with van der Waals surface area (Å²) in [6.07, 6.45) is 3.95. The van der Waals surface area contributed by atoms with Crippen LogP contribution in [-0.2, 0) is 14.3 Å². The number of rotatable bonds is 3. The Hall–Kier alpha value is -2.32. The maximum atomic E-state index is 12.1. The van der Waals surface area contributed by atoms with E-state index in [0.717, 1.165) is 29.7 Å². The summed E-state index contributed by atoms with van der Waals surface area (Å²) in [5, 5.41) is 0. The highest BCUT2D eigenvalue weighted by Gasteiger charge is 2.36. The average Bonchev–Trinajstić information content (AvgIpc) is 3.30. The minimum atomic E-state index is -0.464. The van der Waals surface area contributed by atoms with Crippen LogP contribution in [0.2, 0.25) is 0 Å². The Bertz CT molecular complexity index is 679. The van der Waals surface area contributed by atoms with Gasteiger partial charge in [-0.05, 0) is 32.3 Å². The summed E-state index contributed by atoms with van der Waals surface area (Å²) in [7, 11) is 0. The number of ether oxygens (including phenoxy) is 1. The first-order chi connectivity index (χ1) is 10.2. The molecule has 0 bridgehead atoms. The van der Waals surface area contributed by atoms with Crippen molar-refractivity contribution in [2.45, 2.75) is 32.7 Å². The number of hydrogen-bond donors (Lipinski definition) is 0. The predicted octanol–water partition coefficient (Wildman–Crippen LogP) is 2.64. The fourth-order valence-electron chi connectivity index (χ4n) is 2.73. The van der Waals surface area contributed by atoms with E-state index in [1.807, 2.05) is 31.1 Å². The van der Waals surface area contributed by atoms with E-state index in [1.165, 1.54) is 0 Å².